The molecule has 2 aromatic rings. The molecule has 2 aromatic heterocycles. The van der Waals surface area contributed by atoms with E-state index >= 15 is 0 Å². The van der Waals surface area contributed by atoms with E-state index in [0.29, 0.717) is 4.57 Å². The van der Waals surface area contributed by atoms with Crippen LogP contribution < -0.4 is 15.4 Å². The highest BCUT2D eigenvalue weighted by Crippen LogP contribution is 2.44. The van der Waals surface area contributed by atoms with Crippen molar-refractivity contribution in [1.29, 1.82) is 0 Å². The van der Waals surface area contributed by atoms with Crippen molar-refractivity contribution >= 4 is 11.8 Å². The topological polar surface area (TPSA) is 89.5 Å². The summed E-state index contributed by atoms with van der Waals surface area (Å²) in [5.41, 5.74) is -3.68. The minimum Gasteiger partial charge on any atom is -0.377 e. The van der Waals surface area contributed by atoms with Crippen LogP contribution >= 0.6 is 0 Å². The van der Waals surface area contributed by atoms with Gasteiger partial charge in [0.1, 0.15) is 6.54 Å². The first kappa shape index (κ1) is 20.6. The number of halogens is 4. The van der Waals surface area contributed by atoms with Gasteiger partial charge in [0.2, 0.25) is 17.7 Å². The lowest BCUT2D eigenvalue weighted by Gasteiger charge is -2.36. The molecule has 9 nitrogen and oxygen atoms in total. The van der Waals surface area contributed by atoms with E-state index in [1.165, 1.54) is 11.8 Å². The molecule has 1 saturated heterocycles. The molecule has 0 radical (unpaired) electrons. The summed E-state index contributed by atoms with van der Waals surface area (Å²) in [5, 5.41) is 3.59. The number of nitrogens with zero attached hydrogens (tertiary/aromatic N) is 6. The molecule has 0 amide bonds. The van der Waals surface area contributed by atoms with Gasteiger partial charge < -0.3 is 19.1 Å². The number of aromatic nitrogens is 4. The second-order valence-corrected chi connectivity index (χ2v) is 7.65. The average molecular weight is 432 g/mol. The predicted molar refractivity (Wildman–Crippen MR) is 95.8 cm³/mol. The van der Waals surface area contributed by atoms with Crippen LogP contribution in [0.4, 0.5) is 29.3 Å². The first-order valence-corrected chi connectivity index (χ1v) is 9.31. The highest BCUT2D eigenvalue weighted by Gasteiger charge is 2.60. The van der Waals surface area contributed by atoms with Crippen LogP contribution in [0.3, 0.4) is 0 Å². The summed E-state index contributed by atoms with van der Waals surface area (Å²) >= 11 is 0. The molecule has 4 heterocycles. The molecule has 0 saturated carbocycles. The first-order chi connectivity index (χ1) is 14.0. The van der Waals surface area contributed by atoms with E-state index in [4.69, 9.17) is 9.26 Å². The van der Waals surface area contributed by atoms with Gasteiger partial charge in [0.15, 0.2) is 17.2 Å². The van der Waals surface area contributed by atoms with Crippen molar-refractivity contribution < 1.29 is 26.8 Å². The van der Waals surface area contributed by atoms with E-state index in [-0.39, 0.29) is 49.3 Å². The number of aryl methyl sites for hydroxylation is 1. The summed E-state index contributed by atoms with van der Waals surface area (Å²) < 4.78 is 68.0. The summed E-state index contributed by atoms with van der Waals surface area (Å²) in [7, 11) is 0. The number of alkyl halides is 3. The number of ether oxygens (including phenoxy) is 1. The largest absolute Gasteiger partial charge is 0.413 e. The third-order valence-corrected chi connectivity index (χ3v) is 5.49. The first-order valence-electron chi connectivity index (χ1n) is 9.31. The normalized spacial score (nSPS) is 24.4. The highest BCUT2D eigenvalue weighted by molar-refractivity contribution is 5.51. The SMILES string of the molecule is Cc1noc(CN2c3nc(N4CCOCC4C)c(F)c(=O)n3CC2(C)C(F)(F)F)n1. The van der Waals surface area contributed by atoms with Gasteiger partial charge in [-0.25, -0.2) is 0 Å². The van der Waals surface area contributed by atoms with Crippen molar-refractivity contribution in [2.75, 3.05) is 29.6 Å². The molecule has 2 aliphatic heterocycles. The third-order valence-electron chi connectivity index (χ3n) is 5.49. The Morgan fingerprint density at radius 1 is 1.30 bits per heavy atom. The zero-order valence-electron chi connectivity index (χ0n) is 16.5. The van der Waals surface area contributed by atoms with Crippen molar-refractivity contribution in [3.63, 3.8) is 0 Å². The monoisotopic (exact) mass is 432 g/mol. The minimum atomic E-state index is -4.74. The van der Waals surface area contributed by atoms with E-state index in [0.717, 1.165) is 11.8 Å². The van der Waals surface area contributed by atoms with Gasteiger partial charge >= 0.3 is 6.18 Å². The molecular weight excluding hydrogens is 412 g/mol. The number of morpholine rings is 1. The standard InChI is InChI=1S/C17H20F4N6O3/c1-9-7-29-5-4-25(9)13-12(18)14(28)26-8-16(3,17(19,20)21)27(15(26)23-13)6-11-22-10(2)24-30-11/h9H,4-8H2,1-3H3. The Labute approximate surface area is 168 Å². The van der Waals surface area contributed by atoms with Crippen LogP contribution in [0.1, 0.15) is 25.6 Å². The molecule has 2 aliphatic rings. The molecular formula is C17H20F4N6O3. The van der Waals surface area contributed by atoms with Gasteiger partial charge in [-0.05, 0) is 20.8 Å². The van der Waals surface area contributed by atoms with Crippen molar-refractivity contribution in [1.82, 2.24) is 19.7 Å². The lowest BCUT2D eigenvalue weighted by atomic mass is 10.0. The molecule has 0 bridgehead atoms. The van der Waals surface area contributed by atoms with Gasteiger partial charge in [-0.1, -0.05) is 5.16 Å². The molecule has 0 aliphatic carbocycles. The fourth-order valence-electron chi connectivity index (χ4n) is 3.73. The molecule has 1 fully saturated rings. The lowest BCUT2D eigenvalue weighted by Crippen LogP contribution is -2.55. The van der Waals surface area contributed by atoms with Crippen molar-refractivity contribution in [3.05, 3.63) is 27.9 Å². The Morgan fingerprint density at radius 2 is 2.03 bits per heavy atom. The van der Waals surface area contributed by atoms with Crippen molar-refractivity contribution in [2.45, 2.75) is 51.6 Å². The van der Waals surface area contributed by atoms with E-state index in [9.17, 15) is 22.4 Å². The fourth-order valence-corrected chi connectivity index (χ4v) is 3.73. The van der Waals surface area contributed by atoms with E-state index in [2.05, 4.69) is 15.1 Å². The molecule has 2 unspecified atom stereocenters. The molecule has 164 valence electrons. The van der Waals surface area contributed by atoms with Crippen LogP contribution in [-0.2, 0) is 17.8 Å². The maximum absolute atomic E-state index is 14.9. The maximum atomic E-state index is 14.9. The van der Waals surface area contributed by atoms with Crippen molar-refractivity contribution in [3.8, 4) is 0 Å². The number of anilines is 2. The summed E-state index contributed by atoms with van der Waals surface area (Å²) in [6.07, 6.45) is -4.74. The fraction of sp³-hybridized carbons (Fsp3) is 0.647. The Bertz CT molecular complexity index is 1020. The Kier molecular flexibility index (Phi) is 4.75. The molecule has 2 atom stereocenters. The van der Waals surface area contributed by atoms with Crippen LogP contribution in [0.2, 0.25) is 0 Å². The number of hydrogen-bond donors (Lipinski definition) is 0. The predicted octanol–water partition coefficient (Wildman–Crippen LogP) is 1.64. The molecule has 0 spiro atoms. The van der Waals surface area contributed by atoms with Crippen LogP contribution in [0.5, 0.6) is 0 Å². The smallest absolute Gasteiger partial charge is 0.377 e. The summed E-state index contributed by atoms with van der Waals surface area (Å²) in [6, 6.07) is -0.300. The van der Waals surface area contributed by atoms with Gasteiger partial charge in [0, 0.05) is 6.54 Å². The summed E-state index contributed by atoms with van der Waals surface area (Å²) in [5.74, 6) is -1.60. The third kappa shape index (κ3) is 3.11. The quantitative estimate of drug-likeness (QED) is 0.677. The van der Waals surface area contributed by atoms with Gasteiger partial charge in [-0.15, -0.1) is 0 Å². The van der Waals surface area contributed by atoms with Gasteiger partial charge in [-0.3, -0.25) is 9.36 Å². The molecule has 0 N–H and O–H groups in total. The average Bonchev–Trinajstić information content (AvgIpc) is 3.21. The van der Waals surface area contributed by atoms with Crippen LogP contribution in [0.25, 0.3) is 0 Å². The minimum absolute atomic E-state index is 0.0729. The van der Waals surface area contributed by atoms with Gasteiger partial charge in [-0.2, -0.15) is 27.5 Å². The van der Waals surface area contributed by atoms with Gasteiger partial charge in [0.25, 0.3) is 5.56 Å². The Hall–Kier alpha value is -2.70. The van der Waals surface area contributed by atoms with Crippen LogP contribution in [-0.4, -0.2) is 57.2 Å². The number of hydrogen-bond acceptors (Lipinski definition) is 8. The lowest BCUT2D eigenvalue weighted by molar-refractivity contribution is -0.182. The number of fused-ring (bicyclic) bond motifs is 1. The second kappa shape index (κ2) is 6.93. The Balaban J connectivity index is 1.85. The summed E-state index contributed by atoms with van der Waals surface area (Å²) in [6.45, 7) is 3.80. The van der Waals surface area contributed by atoms with E-state index < -0.39 is 36.2 Å². The van der Waals surface area contributed by atoms with E-state index in [1.54, 1.807) is 6.92 Å². The molecule has 13 heteroatoms. The zero-order chi connectivity index (χ0) is 21.8. The zero-order valence-corrected chi connectivity index (χ0v) is 16.5. The second-order valence-electron chi connectivity index (χ2n) is 7.65. The Morgan fingerprint density at radius 3 is 2.63 bits per heavy atom. The van der Waals surface area contributed by atoms with Crippen molar-refractivity contribution in [2.24, 2.45) is 0 Å². The maximum Gasteiger partial charge on any atom is 0.413 e. The molecule has 0 aromatic carbocycles. The van der Waals surface area contributed by atoms with Gasteiger partial charge in [0.05, 0.1) is 25.8 Å². The highest BCUT2D eigenvalue weighted by atomic mass is 19.4. The molecule has 4 rings (SSSR count). The summed E-state index contributed by atoms with van der Waals surface area (Å²) in [4.78, 5) is 23.2. The van der Waals surface area contributed by atoms with Crippen LogP contribution in [0, 0.1) is 12.7 Å². The van der Waals surface area contributed by atoms with Crippen LogP contribution in [0.15, 0.2) is 9.32 Å². The van der Waals surface area contributed by atoms with E-state index in [1.807, 2.05) is 0 Å². The number of rotatable bonds is 3. The molecule has 30 heavy (non-hydrogen) atoms.